The smallest absolute Gasteiger partial charge is 0.0960 e. The van der Waals surface area contributed by atoms with Gasteiger partial charge in [0, 0.05) is 12.6 Å². The summed E-state index contributed by atoms with van der Waals surface area (Å²) >= 11 is 0. The highest BCUT2D eigenvalue weighted by atomic mass is 16.5. The number of hydrogen-bond acceptors (Lipinski definition) is 3. The number of imidazole rings is 1. The molecule has 0 amide bonds. The van der Waals surface area contributed by atoms with Gasteiger partial charge < -0.3 is 14.6 Å². The van der Waals surface area contributed by atoms with Gasteiger partial charge in [-0.05, 0) is 37.6 Å². The molecule has 0 saturated heterocycles. The zero-order valence-electron chi connectivity index (χ0n) is 10.7. The molecular formula is C14H19N3O. The number of likely N-dealkylation sites (N-methyl/N-ethyl adjacent to an activating group) is 1. The van der Waals surface area contributed by atoms with E-state index < -0.39 is 0 Å². The van der Waals surface area contributed by atoms with Gasteiger partial charge in [0.15, 0.2) is 0 Å². The van der Waals surface area contributed by atoms with E-state index in [0.717, 1.165) is 18.7 Å². The third-order valence-electron chi connectivity index (χ3n) is 3.34. The monoisotopic (exact) mass is 245 g/mol. The number of nitrogens with one attached hydrogen (secondary N) is 1. The van der Waals surface area contributed by atoms with Gasteiger partial charge in [0.1, 0.15) is 0 Å². The van der Waals surface area contributed by atoms with Crippen molar-refractivity contribution in [3.63, 3.8) is 0 Å². The molecule has 1 aliphatic rings. The zero-order valence-corrected chi connectivity index (χ0v) is 10.7. The average molecular weight is 245 g/mol. The van der Waals surface area contributed by atoms with E-state index in [-0.39, 0.29) is 0 Å². The summed E-state index contributed by atoms with van der Waals surface area (Å²) in [5.74, 6) is 0. The fourth-order valence-corrected chi connectivity index (χ4v) is 2.18. The first-order valence-corrected chi connectivity index (χ1v) is 6.56. The maximum absolute atomic E-state index is 5.58. The lowest BCUT2D eigenvalue weighted by molar-refractivity contribution is 0.124. The molecule has 1 N–H and O–H groups in total. The SMILES string of the molecule is CNCCOCc1ccc2c(c1)ncn2C1CC1. The third-order valence-corrected chi connectivity index (χ3v) is 3.34. The van der Waals surface area contributed by atoms with Gasteiger partial charge in [0.2, 0.25) is 0 Å². The van der Waals surface area contributed by atoms with Gasteiger partial charge in [-0.1, -0.05) is 6.07 Å². The number of nitrogens with zero attached hydrogens (tertiary/aromatic N) is 2. The van der Waals surface area contributed by atoms with Gasteiger partial charge >= 0.3 is 0 Å². The van der Waals surface area contributed by atoms with Crippen molar-refractivity contribution in [2.75, 3.05) is 20.2 Å². The average Bonchev–Trinajstić information content (AvgIpc) is 3.15. The standard InChI is InChI=1S/C14H19N3O/c1-15-6-7-18-9-11-2-5-14-13(8-11)16-10-17(14)12-3-4-12/h2,5,8,10,12,15H,3-4,6-7,9H2,1H3. The van der Waals surface area contributed by atoms with Crippen LogP contribution in [-0.2, 0) is 11.3 Å². The molecule has 1 aliphatic carbocycles. The number of fused-ring (bicyclic) bond motifs is 1. The maximum atomic E-state index is 5.58. The third kappa shape index (κ3) is 2.40. The van der Waals surface area contributed by atoms with Crippen LogP contribution in [0.25, 0.3) is 11.0 Å². The molecule has 4 heteroatoms. The molecule has 1 heterocycles. The molecule has 0 bridgehead atoms. The summed E-state index contributed by atoms with van der Waals surface area (Å²) in [6.45, 7) is 2.29. The largest absolute Gasteiger partial charge is 0.375 e. The van der Waals surface area contributed by atoms with Crippen LogP contribution in [0, 0.1) is 0 Å². The Kier molecular flexibility index (Phi) is 3.30. The minimum Gasteiger partial charge on any atom is -0.375 e. The van der Waals surface area contributed by atoms with E-state index in [4.69, 9.17) is 4.74 Å². The number of ether oxygens (including phenoxy) is 1. The van der Waals surface area contributed by atoms with E-state index >= 15 is 0 Å². The predicted molar refractivity (Wildman–Crippen MR) is 71.6 cm³/mol. The van der Waals surface area contributed by atoms with Crippen LogP contribution >= 0.6 is 0 Å². The second-order valence-corrected chi connectivity index (χ2v) is 4.86. The Hall–Kier alpha value is -1.39. The highest BCUT2D eigenvalue weighted by molar-refractivity contribution is 5.76. The van der Waals surface area contributed by atoms with Crippen LogP contribution < -0.4 is 5.32 Å². The predicted octanol–water partition coefficient (Wildman–Crippen LogP) is 2.11. The molecule has 0 radical (unpaired) electrons. The molecular weight excluding hydrogens is 226 g/mol. The summed E-state index contributed by atoms with van der Waals surface area (Å²) < 4.78 is 7.87. The molecule has 4 nitrogen and oxygen atoms in total. The van der Waals surface area contributed by atoms with Crippen molar-refractivity contribution in [1.82, 2.24) is 14.9 Å². The number of hydrogen-bond donors (Lipinski definition) is 1. The topological polar surface area (TPSA) is 39.1 Å². The Balaban J connectivity index is 1.71. The van der Waals surface area contributed by atoms with Crippen molar-refractivity contribution in [1.29, 1.82) is 0 Å². The van der Waals surface area contributed by atoms with Crippen LogP contribution in [0.2, 0.25) is 0 Å². The van der Waals surface area contributed by atoms with Gasteiger partial charge in [-0.25, -0.2) is 4.98 Å². The lowest BCUT2D eigenvalue weighted by Crippen LogP contribution is -2.13. The first kappa shape index (κ1) is 11.7. The summed E-state index contributed by atoms with van der Waals surface area (Å²) in [6, 6.07) is 7.13. The van der Waals surface area contributed by atoms with Crippen molar-refractivity contribution in [3.05, 3.63) is 30.1 Å². The van der Waals surface area contributed by atoms with Crippen molar-refractivity contribution < 1.29 is 4.74 Å². The van der Waals surface area contributed by atoms with Crippen molar-refractivity contribution in [3.8, 4) is 0 Å². The summed E-state index contributed by atoms with van der Waals surface area (Å²) in [4.78, 5) is 4.48. The Morgan fingerprint density at radius 1 is 1.44 bits per heavy atom. The van der Waals surface area contributed by atoms with Gasteiger partial charge in [0.05, 0.1) is 30.6 Å². The molecule has 0 atom stereocenters. The number of rotatable bonds is 6. The van der Waals surface area contributed by atoms with Crippen LogP contribution in [0.1, 0.15) is 24.4 Å². The molecule has 0 aliphatic heterocycles. The Morgan fingerprint density at radius 2 is 2.33 bits per heavy atom. The Morgan fingerprint density at radius 3 is 3.11 bits per heavy atom. The van der Waals surface area contributed by atoms with Crippen LogP contribution in [-0.4, -0.2) is 29.8 Å². The summed E-state index contributed by atoms with van der Waals surface area (Å²) in [7, 11) is 1.93. The van der Waals surface area contributed by atoms with E-state index in [1.54, 1.807) is 0 Å². The highest BCUT2D eigenvalue weighted by Crippen LogP contribution is 2.37. The van der Waals surface area contributed by atoms with E-state index in [9.17, 15) is 0 Å². The number of benzene rings is 1. The minimum atomic E-state index is 0.661. The van der Waals surface area contributed by atoms with Gasteiger partial charge in [-0.15, -0.1) is 0 Å². The van der Waals surface area contributed by atoms with Gasteiger partial charge in [0.25, 0.3) is 0 Å². The molecule has 0 unspecified atom stereocenters. The van der Waals surface area contributed by atoms with Crippen molar-refractivity contribution in [2.45, 2.75) is 25.5 Å². The maximum Gasteiger partial charge on any atom is 0.0960 e. The van der Waals surface area contributed by atoms with Crippen molar-refractivity contribution >= 4 is 11.0 Å². The normalized spacial score (nSPS) is 15.4. The Bertz CT molecular complexity index is 531. The van der Waals surface area contributed by atoms with Crippen LogP contribution in [0.4, 0.5) is 0 Å². The zero-order chi connectivity index (χ0) is 12.4. The van der Waals surface area contributed by atoms with E-state index in [1.807, 2.05) is 13.4 Å². The second-order valence-electron chi connectivity index (χ2n) is 4.86. The first-order chi connectivity index (χ1) is 8.88. The van der Waals surface area contributed by atoms with Crippen LogP contribution in [0.3, 0.4) is 0 Å². The molecule has 3 rings (SSSR count). The molecule has 1 saturated carbocycles. The summed E-state index contributed by atoms with van der Waals surface area (Å²) in [5, 5.41) is 3.07. The molecule has 18 heavy (non-hydrogen) atoms. The highest BCUT2D eigenvalue weighted by Gasteiger charge is 2.24. The van der Waals surface area contributed by atoms with Gasteiger partial charge in [-0.3, -0.25) is 0 Å². The van der Waals surface area contributed by atoms with Crippen LogP contribution in [0.15, 0.2) is 24.5 Å². The molecule has 1 aromatic carbocycles. The summed E-state index contributed by atoms with van der Waals surface area (Å²) in [5.41, 5.74) is 3.52. The van der Waals surface area contributed by atoms with E-state index in [2.05, 4.69) is 33.1 Å². The van der Waals surface area contributed by atoms with Gasteiger partial charge in [-0.2, -0.15) is 0 Å². The quantitative estimate of drug-likeness (QED) is 0.792. The Labute approximate surface area is 107 Å². The van der Waals surface area contributed by atoms with E-state index in [0.29, 0.717) is 12.6 Å². The van der Waals surface area contributed by atoms with Crippen molar-refractivity contribution in [2.24, 2.45) is 0 Å². The fraction of sp³-hybridized carbons (Fsp3) is 0.500. The molecule has 0 spiro atoms. The minimum absolute atomic E-state index is 0.661. The lowest BCUT2D eigenvalue weighted by atomic mass is 10.2. The fourth-order valence-electron chi connectivity index (χ4n) is 2.18. The second kappa shape index (κ2) is 5.08. The van der Waals surface area contributed by atoms with Crippen LogP contribution in [0.5, 0.6) is 0 Å². The summed E-state index contributed by atoms with van der Waals surface area (Å²) in [6.07, 6.45) is 4.55. The number of aromatic nitrogens is 2. The van der Waals surface area contributed by atoms with E-state index in [1.165, 1.54) is 23.9 Å². The lowest BCUT2D eigenvalue weighted by Gasteiger charge is -2.05. The molecule has 2 aromatic rings. The molecule has 1 aromatic heterocycles. The first-order valence-electron chi connectivity index (χ1n) is 6.56. The molecule has 96 valence electrons. The molecule has 1 fully saturated rings.